The highest BCUT2D eigenvalue weighted by molar-refractivity contribution is 5.81. The fourth-order valence-electron chi connectivity index (χ4n) is 2.23. The zero-order chi connectivity index (χ0) is 14.1. The minimum Gasteiger partial charge on any atom is -0.487 e. The average Bonchev–Trinajstić information content (AvgIpc) is 2.75. The number of rotatable bonds is 3. The summed E-state index contributed by atoms with van der Waals surface area (Å²) >= 11 is 0. The molecule has 4 heteroatoms. The van der Waals surface area contributed by atoms with E-state index in [1.165, 1.54) is 18.2 Å². The van der Waals surface area contributed by atoms with Crippen molar-refractivity contribution < 1.29 is 13.5 Å². The van der Waals surface area contributed by atoms with Crippen molar-refractivity contribution in [2.45, 2.75) is 6.61 Å². The molecule has 0 aliphatic rings. The Morgan fingerprint density at radius 1 is 1.05 bits per heavy atom. The van der Waals surface area contributed by atoms with Gasteiger partial charge in [-0.05, 0) is 30.3 Å². The minimum atomic E-state index is -0.342. The number of hydrogen-bond acceptors (Lipinski definition) is 1. The van der Waals surface area contributed by atoms with Gasteiger partial charge in [-0.3, -0.25) is 0 Å². The lowest BCUT2D eigenvalue weighted by Crippen LogP contribution is -2.01. The molecule has 0 unspecified atom stereocenters. The summed E-state index contributed by atoms with van der Waals surface area (Å²) in [5, 5.41) is 0.563. The standard InChI is InChI=1S/C16H13F2NO/c1-19-12(9-14-15(18)6-3-7-16(14)19)10-20-13-5-2-4-11(17)8-13/h2-9H,10H2,1H3. The summed E-state index contributed by atoms with van der Waals surface area (Å²) in [4.78, 5) is 0. The lowest BCUT2D eigenvalue weighted by Gasteiger charge is -2.07. The van der Waals surface area contributed by atoms with Gasteiger partial charge in [0, 0.05) is 18.5 Å². The van der Waals surface area contributed by atoms with Crippen molar-refractivity contribution in [1.82, 2.24) is 4.57 Å². The normalized spacial score (nSPS) is 10.9. The van der Waals surface area contributed by atoms with Gasteiger partial charge in [-0.25, -0.2) is 8.78 Å². The Kier molecular flexibility index (Phi) is 3.14. The number of nitrogens with zero attached hydrogens (tertiary/aromatic N) is 1. The Morgan fingerprint density at radius 3 is 2.60 bits per heavy atom. The van der Waals surface area contributed by atoms with E-state index in [1.54, 1.807) is 24.3 Å². The van der Waals surface area contributed by atoms with E-state index in [-0.39, 0.29) is 18.2 Å². The first kappa shape index (κ1) is 12.7. The van der Waals surface area contributed by atoms with E-state index in [9.17, 15) is 8.78 Å². The number of ether oxygens (including phenoxy) is 1. The number of aromatic nitrogens is 1. The fraction of sp³-hybridized carbons (Fsp3) is 0.125. The molecule has 0 aliphatic carbocycles. The lowest BCUT2D eigenvalue weighted by atomic mass is 10.2. The number of benzene rings is 2. The zero-order valence-electron chi connectivity index (χ0n) is 10.9. The second-order valence-corrected chi connectivity index (χ2v) is 4.61. The summed E-state index contributed by atoms with van der Waals surface area (Å²) in [6.07, 6.45) is 0. The molecule has 0 saturated carbocycles. The van der Waals surface area contributed by atoms with Gasteiger partial charge in [-0.1, -0.05) is 12.1 Å². The van der Waals surface area contributed by atoms with Crippen LogP contribution in [0.15, 0.2) is 48.5 Å². The molecule has 2 nitrogen and oxygen atoms in total. The number of aryl methyl sites for hydroxylation is 1. The van der Waals surface area contributed by atoms with Crippen LogP contribution in [-0.2, 0) is 13.7 Å². The molecule has 2 aromatic carbocycles. The first-order valence-corrected chi connectivity index (χ1v) is 6.26. The maximum absolute atomic E-state index is 13.7. The molecule has 0 bridgehead atoms. The molecular weight excluding hydrogens is 260 g/mol. The highest BCUT2D eigenvalue weighted by Gasteiger charge is 2.09. The molecule has 3 rings (SSSR count). The SMILES string of the molecule is Cn1c(COc2cccc(F)c2)cc2c(F)cccc21. The van der Waals surface area contributed by atoms with Crippen LogP contribution in [0.2, 0.25) is 0 Å². The van der Waals surface area contributed by atoms with Crippen LogP contribution < -0.4 is 4.74 Å². The van der Waals surface area contributed by atoms with Gasteiger partial charge in [0.05, 0.1) is 11.2 Å². The highest BCUT2D eigenvalue weighted by atomic mass is 19.1. The van der Waals surface area contributed by atoms with E-state index in [2.05, 4.69) is 0 Å². The van der Waals surface area contributed by atoms with Crippen LogP contribution in [0, 0.1) is 11.6 Å². The van der Waals surface area contributed by atoms with Gasteiger partial charge in [-0.15, -0.1) is 0 Å². The third-order valence-electron chi connectivity index (χ3n) is 3.32. The largest absolute Gasteiger partial charge is 0.487 e. The third kappa shape index (κ3) is 2.25. The molecule has 20 heavy (non-hydrogen) atoms. The number of halogens is 2. The van der Waals surface area contributed by atoms with E-state index >= 15 is 0 Å². The quantitative estimate of drug-likeness (QED) is 0.702. The van der Waals surface area contributed by atoms with Crippen LogP contribution >= 0.6 is 0 Å². The highest BCUT2D eigenvalue weighted by Crippen LogP contribution is 2.23. The minimum absolute atomic E-state index is 0.255. The molecule has 0 spiro atoms. The van der Waals surface area contributed by atoms with E-state index < -0.39 is 0 Å². The smallest absolute Gasteiger partial charge is 0.132 e. The van der Waals surface area contributed by atoms with E-state index in [0.29, 0.717) is 11.1 Å². The zero-order valence-corrected chi connectivity index (χ0v) is 10.9. The third-order valence-corrected chi connectivity index (χ3v) is 3.32. The van der Waals surface area contributed by atoms with Gasteiger partial charge >= 0.3 is 0 Å². The van der Waals surface area contributed by atoms with Crippen molar-refractivity contribution in [2.24, 2.45) is 7.05 Å². The summed E-state index contributed by atoms with van der Waals surface area (Å²) in [5.41, 5.74) is 1.64. The first-order valence-electron chi connectivity index (χ1n) is 6.26. The Bertz CT molecular complexity index is 764. The van der Waals surface area contributed by atoms with E-state index in [4.69, 9.17) is 4.74 Å². The lowest BCUT2D eigenvalue weighted by molar-refractivity contribution is 0.296. The monoisotopic (exact) mass is 273 g/mol. The molecular formula is C16H13F2NO. The molecule has 0 aliphatic heterocycles. The Hall–Kier alpha value is -2.36. The van der Waals surface area contributed by atoms with Crippen LogP contribution in [0.5, 0.6) is 5.75 Å². The molecule has 3 aromatic rings. The van der Waals surface area contributed by atoms with Crippen molar-refractivity contribution in [3.05, 3.63) is 65.9 Å². The fourth-order valence-corrected chi connectivity index (χ4v) is 2.23. The summed E-state index contributed by atoms with van der Waals surface area (Å²) in [6, 6.07) is 12.7. The Labute approximate surface area is 115 Å². The van der Waals surface area contributed by atoms with Crippen molar-refractivity contribution in [3.63, 3.8) is 0 Å². The Balaban J connectivity index is 1.88. The van der Waals surface area contributed by atoms with Gasteiger partial charge < -0.3 is 9.30 Å². The molecule has 1 aromatic heterocycles. The second kappa shape index (κ2) is 4.96. The molecule has 0 fully saturated rings. The average molecular weight is 273 g/mol. The first-order chi connectivity index (χ1) is 9.65. The summed E-state index contributed by atoms with van der Waals surface area (Å²) in [5.74, 6) is -0.142. The van der Waals surface area contributed by atoms with Gasteiger partial charge in [0.25, 0.3) is 0 Å². The molecule has 102 valence electrons. The van der Waals surface area contributed by atoms with Crippen molar-refractivity contribution in [2.75, 3.05) is 0 Å². The van der Waals surface area contributed by atoms with Crippen molar-refractivity contribution >= 4 is 10.9 Å². The van der Waals surface area contributed by atoms with Gasteiger partial charge in [0.1, 0.15) is 24.0 Å². The molecule has 0 N–H and O–H groups in total. The predicted octanol–water partition coefficient (Wildman–Crippen LogP) is 4.04. The Morgan fingerprint density at radius 2 is 1.85 bits per heavy atom. The second-order valence-electron chi connectivity index (χ2n) is 4.61. The van der Waals surface area contributed by atoms with Crippen LogP contribution in [0.25, 0.3) is 10.9 Å². The van der Waals surface area contributed by atoms with Crippen molar-refractivity contribution in [3.8, 4) is 5.75 Å². The summed E-state index contributed by atoms with van der Waals surface area (Å²) < 4.78 is 34.2. The van der Waals surface area contributed by atoms with Gasteiger partial charge in [0.15, 0.2) is 0 Å². The summed E-state index contributed by atoms with van der Waals surface area (Å²) in [7, 11) is 1.85. The van der Waals surface area contributed by atoms with Gasteiger partial charge in [-0.2, -0.15) is 0 Å². The maximum Gasteiger partial charge on any atom is 0.132 e. The van der Waals surface area contributed by atoms with Gasteiger partial charge in [0.2, 0.25) is 0 Å². The van der Waals surface area contributed by atoms with Crippen LogP contribution in [-0.4, -0.2) is 4.57 Å². The molecule has 0 atom stereocenters. The van der Waals surface area contributed by atoms with E-state index in [0.717, 1.165) is 11.2 Å². The summed E-state index contributed by atoms with van der Waals surface area (Å²) in [6.45, 7) is 0.258. The molecule has 0 saturated heterocycles. The predicted molar refractivity (Wildman–Crippen MR) is 73.6 cm³/mol. The van der Waals surface area contributed by atoms with Crippen LogP contribution in [0.1, 0.15) is 5.69 Å². The molecule has 1 heterocycles. The van der Waals surface area contributed by atoms with Crippen LogP contribution in [0.3, 0.4) is 0 Å². The van der Waals surface area contributed by atoms with Crippen LogP contribution in [0.4, 0.5) is 8.78 Å². The molecule has 0 radical (unpaired) electrons. The number of hydrogen-bond donors (Lipinski definition) is 0. The molecule has 0 amide bonds. The number of fused-ring (bicyclic) bond motifs is 1. The maximum atomic E-state index is 13.7. The van der Waals surface area contributed by atoms with E-state index in [1.807, 2.05) is 17.7 Å². The van der Waals surface area contributed by atoms with Crippen molar-refractivity contribution in [1.29, 1.82) is 0 Å². The topological polar surface area (TPSA) is 14.2 Å².